The molecule has 9 aromatic carbocycles. The molecule has 1 aliphatic heterocycles. The Hall–Kier alpha value is -6.97. The molecule has 3 nitrogen and oxygen atoms in total. The summed E-state index contributed by atoms with van der Waals surface area (Å²) in [5.74, 6) is 0.131. The Morgan fingerprint density at radius 3 is 1.95 bits per heavy atom. The third kappa shape index (κ3) is 3.84. The van der Waals surface area contributed by atoms with Gasteiger partial charge in [0, 0.05) is 43.8 Å². The maximum absolute atomic E-state index is 5.56. The van der Waals surface area contributed by atoms with Crippen molar-refractivity contribution >= 4 is 104 Å². The van der Waals surface area contributed by atoms with Gasteiger partial charge in [0.25, 0.3) is 0 Å². The molecule has 1 aliphatic rings. The van der Waals surface area contributed by atoms with Crippen molar-refractivity contribution in [1.82, 2.24) is 8.97 Å². The normalized spacial score (nSPS) is 16.1. The lowest BCUT2D eigenvalue weighted by Gasteiger charge is -2.35. The van der Waals surface area contributed by atoms with Crippen molar-refractivity contribution in [3.63, 3.8) is 0 Å². The van der Waals surface area contributed by atoms with Gasteiger partial charge in [0.1, 0.15) is 0 Å². The molecule has 13 rings (SSSR count). The molecule has 1 unspecified atom stereocenters. The smallest absolute Gasteiger partial charge is 0.0696 e. The van der Waals surface area contributed by atoms with Crippen LogP contribution in [-0.4, -0.2) is 14.7 Å². The summed E-state index contributed by atoms with van der Waals surface area (Å²) >= 11 is 0. The summed E-state index contributed by atoms with van der Waals surface area (Å²) in [6, 6.07) is 63.3. The number of hydrogen-bond acceptors (Lipinski definition) is 1. The van der Waals surface area contributed by atoms with E-state index in [1.807, 2.05) is 0 Å². The fourth-order valence-corrected chi connectivity index (χ4v) is 10.7. The fourth-order valence-electron chi connectivity index (χ4n) is 10.7. The van der Waals surface area contributed by atoms with Crippen LogP contribution >= 0.6 is 0 Å². The first-order valence-electron chi connectivity index (χ1n) is 19.9. The summed E-state index contributed by atoms with van der Waals surface area (Å²) in [7, 11) is 0. The van der Waals surface area contributed by atoms with Gasteiger partial charge in [0.05, 0.1) is 45.0 Å². The van der Waals surface area contributed by atoms with E-state index in [0.29, 0.717) is 0 Å². The number of aliphatic imine (C=N–C) groups is 1. The van der Waals surface area contributed by atoms with Crippen LogP contribution in [-0.2, 0) is 0 Å². The van der Waals surface area contributed by atoms with Crippen molar-refractivity contribution in [1.29, 1.82) is 0 Å². The van der Waals surface area contributed by atoms with Crippen LogP contribution in [0.4, 0.5) is 5.69 Å². The number of fused-ring (bicyclic) bond motifs is 16. The van der Waals surface area contributed by atoms with E-state index in [0.717, 1.165) is 17.8 Å². The molecular weight excluding hydrogens is 679 g/mol. The highest BCUT2D eigenvalue weighted by atomic mass is 15.1. The molecular formula is C53H35N3. The molecule has 0 saturated carbocycles. The van der Waals surface area contributed by atoms with Gasteiger partial charge in [-0.15, -0.1) is 0 Å². The summed E-state index contributed by atoms with van der Waals surface area (Å²) < 4.78 is 5.23. The average Bonchev–Trinajstić information content (AvgIpc) is 3.90. The van der Waals surface area contributed by atoms with E-state index in [-0.39, 0.29) is 12.0 Å². The molecule has 56 heavy (non-hydrogen) atoms. The minimum absolute atomic E-state index is 0.0202. The summed E-state index contributed by atoms with van der Waals surface area (Å²) in [6.45, 7) is 2.35. The third-order valence-corrected chi connectivity index (χ3v) is 13.0. The molecule has 0 spiro atoms. The van der Waals surface area contributed by atoms with Crippen LogP contribution in [0, 0.1) is 5.92 Å². The van der Waals surface area contributed by atoms with Crippen molar-refractivity contribution in [3.8, 4) is 0 Å². The zero-order chi connectivity index (χ0) is 36.6. The molecule has 3 aromatic heterocycles. The molecule has 0 amide bonds. The van der Waals surface area contributed by atoms with Crippen LogP contribution < -0.4 is 0 Å². The van der Waals surface area contributed by atoms with Crippen LogP contribution in [0.5, 0.6) is 0 Å². The maximum atomic E-state index is 5.56. The Labute approximate surface area is 322 Å². The molecule has 0 bridgehead atoms. The zero-order valence-electron chi connectivity index (χ0n) is 30.9. The van der Waals surface area contributed by atoms with Crippen LogP contribution in [0.2, 0.25) is 0 Å². The molecule has 12 aromatic rings. The van der Waals surface area contributed by atoms with Gasteiger partial charge in [-0.1, -0.05) is 140 Å². The quantitative estimate of drug-likeness (QED) is 0.163. The number of aromatic nitrogens is 2. The van der Waals surface area contributed by atoms with E-state index >= 15 is 0 Å². The van der Waals surface area contributed by atoms with Crippen LogP contribution in [0.1, 0.15) is 30.5 Å². The number of benzene rings is 9. The second kappa shape index (κ2) is 11.1. The highest BCUT2D eigenvalue weighted by Crippen LogP contribution is 2.51. The predicted octanol–water partition coefficient (Wildman–Crippen LogP) is 14.2. The third-order valence-electron chi connectivity index (χ3n) is 13.0. The zero-order valence-corrected chi connectivity index (χ0v) is 30.9. The Morgan fingerprint density at radius 1 is 0.464 bits per heavy atom. The average molecular weight is 714 g/mol. The molecule has 0 fully saturated rings. The predicted molar refractivity (Wildman–Crippen MR) is 238 cm³/mol. The second-order valence-electron chi connectivity index (χ2n) is 15.7. The van der Waals surface area contributed by atoms with E-state index in [4.69, 9.17) is 4.99 Å². The Morgan fingerprint density at radius 2 is 1.11 bits per heavy atom. The van der Waals surface area contributed by atoms with Gasteiger partial charge >= 0.3 is 0 Å². The van der Waals surface area contributed by atoms with E-state index in [1.165, 1.54) is 103 Å². The number of hydrogen-bond donors (Lipinski definition) is 0. The summed E-state index contributed by atoms with van der Waals surface area (Å²) in [6.07, 6.45) is 0.944. The van der Waals surface area contributed by atoms with Gasteiger partial charge in [-0.25, -0.2) is 0 Å². The van der Waals surface area contributed by atoms with Crippen molar-refractivity contribution in [2.45, 2.75) is 19.4 Å². The van der Waals surface area contributed by atoms with E-state index in [2.05, 4.69) is 186 Å². The molecule has 3 heteroatoms. The van der Waals surface area contributed by atoms with Crippen molar-refractivity contribution in [2.75, 3.05) is 0 Å². The largest absolute Gasteiger partial charge is 0.332 e. The monoisotopic (exact) mass is 713 g/mol. The summed E-state index contributed by atoms with van der Waals surface area (Å²) in [5.41, 5.74) is 11.1. The van der Waals surface area contributed by atoms with Gasteiger partial charge in [-0.2, -0.15) is 0 Å². The first kappa shape index (κ1) is 30.4. The Balaban J connectivity index is 1.17. The highest BCUT2D eigenvalue weighted by Gasteiger charge is 2.37. The lowest BCUT2D eigenvalue weighted by atomic mass is 9.80. The first-order chi connectivity index (χ1) is 27.8. The molecule has 0 radical (unpaired) electrons. The van der Waals surface area contributed by atoms with Crippen LogP contribution in [0.3, 0.4) is 0 Å². The van der Waals surface area contributed by atoms with E-state index in [1.54, 1.807) is 0 Å². The summed E-state index contributed by atoms with van der Waals surface area (Å²) in [5, 5.41) is 15.6. The molecule has 0 aliphatic carbocycles. The van der Waals surface area contributed by atoms with Crippen molar-refractivity contribution < 1.29 is 0 Å². The number of nitrogens with zero attached hydrogens (tertiary/aromatic N) is 3. The Bertz CT molecular complexity index is 3650. The van der Waals surface area contributed by atoms with Gasteiger partial charge in [-0.3, -0.25) is 4.99 Å². The molecule has 2 atom stereocenters. The molecule has 0 saturated heterocycles. The molecule has 262 valence electrons. The minimum atomic E-state index is 0.0202. The minimum Gasteiger partial charge on any atom is -0.332 e. The standard InChI is InChI=1S/C53H35N3/c1-2-35-51(34-25-27-37-33(29-34)24-23-31-13-3-5-15-36(31)37)54-43-20-10-7-18-40(43)52(35)56-46-28-26-32-14-4-6-16-38(32)48(46)50-47(56)30-42-39-17-8-11-21-44(39)55-45-22-12-9-19-41(45)49(50)53(42)55/h3-30,35,52H,2H2,1H3/t35-,52?/m1/s1. The van der Waals surface area contributed by atoms with Crippen molar-refractivity contribution in [2.24, 2.45) is 10.9 Å². The number of rotatable bonds is 3. The molecule has 4 heterocycles. The Kier molecular flexibility index (Phi) is 5.99. The van der Waals surface area contributed by atoms with Gasteiger partial charge < -0.3 is 8.97 Å². The SMILES string of the molecule is CC[C@@H]1C(c2ccc3c(ccc4ccccc43)c2)=Nc2ccccc2C1n1c2ccc3ccccc3c2c2c3c4ccccc4n4c5ccccc5c(cc21)c34. The fraction of sp³-hybridized carbons (Fsp3) is 0.0755. The van der Waals surface area contributed by atoms with E-state index in [9.17, 15) is 0 Å². The maximum Gasteiger partial charge on any atom is 0.0696 e. The summed E-state index contributed by atoms with van der Waals surface area (Å²) in [4.78, 5) is 5.56. The van der Waals surface area contributed by atoms with Crippen LogP contribution in [0.25, 0.3) is 92.2 Å². The van der Waals surface area contributed by atoms with Gasteiger partial charge in [-0.05, 0) is 80.7 Å². The second-order valence-corrected chi connectivity index (χ2v) is 15.7. The topological polar surface area (TPSA) is 21.7 Å². The lowest BCUT2D eigenvalue weighted by molar-refractivity contribution is 0.473. The highest BCUT2D eigenvalue weighted by molar-refractivity contribution is 6.38. The van der Waals surface area contributed by atoms with E-state index < -0.39 is 0 Å². The molecule has 0 N–H and O–H groups in total. The van der Waals surface area contributed by atoms with Gasteiger partial charge in [0.2, 0.25) is 0 Å². The van der Waals surface area contributed by atoms with Gasteiger partial charge in [0.15, 0.2) is 0 Å². The van der Waals surface area contributed by atoms with Crippen LogP contribution in [0.15, 0.2) is 175 Å². The lowest BCUT2D eigenvalue weighted by Crippen LogP contribution is -2.30. The van der Waals surface area contributed by atoms with Crippen molar-refractivity contribution in [3.05, 3.63) is 181 Å². The first-order valence-corrected chi connectivity index (χ1v) is 19.9. The number of para-hydroxylation sites is 3.